The number of nitrogens with two attached hydrogens (primary N) is 1. The van der Waals surface area contributed by atoms with E-state index in [1.807, 2.05) is 0 Å². The van der Waals surface area contributed by atoms with Gasteiger partial charge in [-0.05, 0) is 5.92 Å². The summed E-state index contributed by atoms with van der Waals surface area (Å²) in [5.74, 6) is 1.95. The number of rotatable bonds is 7. The van der Waals surface area contributed by atoms with Gasteiger partial charge in [-0.25, -0.2) is 4.98 Å². The van der Waals surface area contributed by atoms with E-state index in [9.17, 15) is 0 Å². The standard InChI is InChI=1S/C12H23N5OS/c1-8(2)7-17(6-5-10(13)15-18)12-14-11(9(3)4)16-19-12/h8-9,18H,5-7H2,1-4H3,(H2,13,15). The predicted octanol–water partition coefficient (Wildman–Crippen LogP) is 2.26. The molecule has 0 spiro atoms. The zero-order valence-corrected chi connectivity index (χ0v) is 12.8. The highest BCUT2D eigenvalue weighted by molar-refractivity contribution is 7.09. The van der Waals surface area contributed by atoms with E-state index in [1.54, 1.807) is 0 Å². The smallest absolute Gasteiger partial charge is 0.205 e. The highest BCUT2D eigenvalue weighted by Gasteiger charge is 2.15. The highest BCUT2D eigenvalue weighted by atomic mass is 32.1. The highest BCUT2D eigenvalue weighted by Crippen LogP contribution is 2.22. The molecule has 0 saturated heterocycles. The van der Waals surface area contributed by atoms with Gasteiger partial charge in [-0.3, -0.25) is 0 Å². The number of oxime groups is 1. The molecule has 0 saturated carbocycles. The van der Waals surface area contributed by atoms with Crippen molar-refractivity contribution < 1.29 is 5.21 Å². The Bertz CT molecular complexity index is 416. The average molecular weight is 285 g/mol. The summed E-state index contributed by atoms with van der Waals surface area (Å²) in [6.07, 6.45) is 0.514. The summed E-state index contributed by atoms with van der Waals surface area (Å²) in [6.45, 7) is 10.0. The van der Waals surface area contributed by atoms with Gasteiger partial charge in [0.15, 0.2) is 0 Å². The molecule has 1 aromatic rings. The minimum absolute atomic E-state index is 0.238. The summed E-state index contributed by atoms with van der Waals surface area (Å²) in [6, 6.07) is 0. The van der Waals surface area contributed by atoms with E-state index in [0.29, 0.717) is 24.8 Å². The number of hydrogen-bond donors (Lipinski definition) is 2. The summed E-state index contributed by atoms with van der Waals surface area (Å²) in [5, 5.41) is 12.5. The summed E-state index contributed by atoms with van der Waals surface area (Å²) in [4.78, 5) is 6.70. The lowest BCUT2D eigenvalue weighted by atomic mass is 10.2. The Labute approximate surface area is 118 Å². The van der Waals surface area contributed by atoms with Crippen molar-refractivity contribution in [1.29, 1.82) is 0 Å². The van der Waals surface area contributed by atoms with Crippen LogP contribution < -0.4 is 10.6 Å². The van der Waals surface area contributed by atoms with Gasteiger partial charge in [-0.15, -0.1) is 0 Å². The van der Waals surface area contributed by atoms with Crippen molar-refractivity contribution in [3.63, 3.8) is 0 Å². The van der Waals surface area contributed by atoms with Crippen LogP contribution in [-0.2, 0) is 0 Å². The molecule has 0 bridgehead atoms. The van der Waals surface area contributed by atoms with E-state index >= 15 is 0 Å². The maximum atomic E-state index is 8.60. The van der Waals surface area contributed by atoms with Crippen LogP contribution in [0.25, 0.3) is 0 Å². The van der Waals surface area contributed by atoms with Crippen molar-refractivity contribution in [1.82, 2.24) is 9.36 Å². The van der Waals surface area contributed by atoms with Crippen LogP contribution in [0.5, 0.6) is 0 Å². The summed E-state index contributed by atoms with van der Waals surface area (Å²) >= 11 is 1.41. The fourth-order valence-electron chi connectivity index (χ4n) is 1.59. The zero-order valence-electron chi connectivity index (χ0n) is 12.0. The molecule has 108 valence electrons. The van der Waals surface area contributed by atoms with Crippen molar-refractivity contribution in [2.45, 2.75) is 40.0 Å². The molecule has 0 aliphatic heterocycles. The monoisotopic (exact) mass is 285 g/mol. The van der Waals surface area contributed by atoms with Gasteiger partial charge in [0.1, 0.15) is 11.7 Å². The molecule has 19 heavy (non-hydrogen) atoms. The molecule has 0 aliphatic rings. The second-order valence-electron chi connectivity index (χ2n) is 5.27. The third-order valence-corrected chi connectivity index (χ3v) is 3.36. The first-order valence-corrected chi connectivity index (χ1v) is 7.26. The molecule has 3 N–H and O–H groups in total. The second kappa shape index (κ2) is 7.28. The van der Waals surface area contributed by atoms with Crippen molar-refractivity contribution in [3.05, 3.63) is 5.82 Å². The lowest BCUT2D eigenvalue weighted by molar-refractivity contribution is 0.317. The first-order chi connectivity index (χ1) is 8.93. The number of nitrogens with zero attached hydrogens (tertiary/aromatic N) is 4. The molecule has 0 aliphatic carbocycles. The van der Waals surface area contributed by atoms with E-state index < -0.39 is 0 Å². The first-order valence-electron chi connectivity index (χ1n) is 6.49. The Kier molecular flexibility index (Phi) is 6.01. The van der Waals surface area contributed by atoms with Crippen LogP contribution in [0.1, 0.15) is 45.9 Å². The van der Waals surface area contributed by atoms with E-state index in [2.05, 4.69) is 47.1 Å². The van der Waals surface area contributed by atoms with Gasteiger partial charge in [0.2, 0.25) is 5.13 Å². The van der Waals surface area contributed by atoms with Crippen molar-refractivity contribution in [2.75, 3.05) is 18.0 Å². The van der Waals surface area contributed by atoms with Crippen molar-refractivity contribution >= 4 is 22.5 Å². The Morgan fingerprint density at radius 2 is 2.11 bits per heavy atom. The largest absolute Gasteiger partial charge is 0.409 e. The number of amidine groups is 1. The van der Waals surface area contributed by atoms with Crippen molar-refractivity contribution in [2.24, 2.45) is 16.8 Å². The minimum atomic E-state index is 0.238. The molecular weight excluding hydrogens is 262 g/mol. The molecule has 0 radical (unpaired) electrons. The molecule has 1 heterocycles. The van der Waals surface area contributed by atoms with Crippen LogP contribution in [0.15, 0.2) is 5.16 Å². The third-order valence-electron chi connectivity index (χ3n) is 2.57. The van der Waals surface area contributed by atoms with E-state index in [-0.39, 0.29) is 5.84 Å². The molecule has 0 fully saturated rings. The maximum absolute atomic E-state index is 8.60. The van der Waals surface area contributed by atoms with E-state index in [0.717, 1.165) is 17.5 Å². The lowest BCUT2D eigenvalue weighted by Crippen LogP contribution is -2.31. The van der Waals surface area contributed by atoms with Gasteiger partial charge in [0.05, 0.1) is 0 Å². The molecule has 0 aromatic carbocycles. The Morgan fingerprint density at radius 3 is 2.58 bits per heavy atom. The Morgan fingerprint density at radius 1 is 1.42 bits per heavy atom. The normalized spacial score (nSPS) is 12.4. The third kappa shape index (κ3) is 5.02. The number of anilines is 1. The van der Waals surface area contributed by atoms with Crippen molar-refractivity contribution in [3.8, 4) is 0 Å². The van der Waals surface area contributed by atoms with Crippen LogP contribution in [0.3, 0.4) is 0 Å². The predicted molar refractivity (Wildman–Crippen MR) is 79.1 cm³/mol. The molecule has 7 heteroatoms. The Hall–Kier alpha value is -1.37. The SMILES string of the molecule is CC(C)CN(CCC(N)=NO)c1nc(C(C)C)ns1. The van der Waals surface area contributed by atoms with Gasteiger partial charge in [0.25, 0.3) is 0 Å². The molecule has 6 nitrogen and oxygen atoms in total. The van der Waals surface area contributed by atoms with Gasteiger partial charge in [-0.1, -0.05) is 32.9 Å². The van der Waals surface area contributed by atoms with Gasteiger partial charge in [0, 0.05) is 37.0 Å². The van der Waals surface area contributed by atoms with Crippen LogP contribution in [0.2, 0.25) is 0 Å². The Balaban J connectivity index is 2.77. The summed E-state index contributed by atoms with van der Waals surface area (Å²) < 4.78 is 4.37. The van der Waals surface area contributed by atoms with Gasteiger partial charge >= 0.3 is 0 Å². The van der Waals surface area contributed by atoms with Gasteiger partial charge < -0.3 is 15.8 Å². The number of aromatic nitrogens is 2. The average Bonchev–Trinajstić information content (AvgIpc) is 2.83. The van der Waals surface area contributed by atoms with Crippen LogP contribution in [0, 0.1) is 5.92 Å². The molecule has 1 rings (SSSR count). The van der Waals surface area contributed by atoms with E-state index in [4.69, 9.17) is 10.9 Å². The minimum Gasteiger partial charge on any atom is -0.409 e. The van der Waals surface area contributed by atoms with E-state index in [1.165, 1.54) is 11.5 Å². The topological polar surface area (TPSA) is 87.6 Å². The fraction of sp³-hybridized carbons (Fsp3) is 0.750. The quantitative estimate of drug-likeness (QED) is 0.347. The summed E-state index contributed by atoms with van der Waals surface area (Å²) in [5.41, 5.74) is 5.52. The second-order valence-corrected chi connectivity index (χ2v) is 6.00. The number of hydrogen-bond acceptors (Lipinski definition) is 6. The molecular formula is C12H23N5OS. The maximum Gasteiger partial charge on any atom is 0.205 e. The van der Waals surface area contributed by atoms with Crippen LogP contribution in [0.4, 0.5) is 5.13 Å². The zero-order chi connectivity index (χ0) is 14.4. The van der Waals surface area contributed by atoms with Crippen LogP contribution in [-0.4, -0.2) is 33.5 Å². The fourth-order valence-corrected chi connectivity index (χ4v) is 2.44. The molecule has 0 atom stereocenters. The molecule has 0 unspecified atom stereocenters. The molecule has 0 amide bonds. The first kappa shape index (κ1) is 15.7. The molecule has 1 aromatic heterocycles. The lowest BCUT2D eigenvalue weighted by Gasteiger charge is -2.23. The summed E-state index contributed by atoms with van der Waals surface area (Å²) in [7, 11) is 0. The van der Waals surface area contributed by atoms with Crippen LogP contribution >= 0.6 is 11.5 Å². The van der Waals surface area contributed by atoms with Gasteiger partial charge in [-0.2, -0.15) is 4.37 Å².